The van der Waals surface area contributed by atoms with Gasteiger partial charge in [0.2, 0.25) is 0 Å². The Morgan fingerprint density at radius 3 is 2.45 bits per heavy atom. The van der Waals surface area contributed by atoms with E-state index >= 15 is 0 Å². The van der Waals surface area contributed by atoms with Crippen LogP contribution in [0.4, 0.5) is 16.2 Å². The highest BCUT2D eigenvalue weighted by Gasteiger charge is 2.16. The highest BCUT2D eigenvalue weighted by atomic mass is 32.1. The number of nitrogens with one attached hydrogen (secondary N) is 2. The van der Waals surface area contributed by atoms with E-state index in [2.05, 4.69) is 22.8 Å². The van der Waals surface area contributed by atoms with Crippen LogP contribution in [0, 0.1) is 0 Å². The molecule has 0 spiro atoms. The number of nitrogens with zero attached hydrogens (tertiary/aromatic N) is 2. The van der Waals surface area contributed by atoms with Gasteiger partial charge in [-0.15, -0.1) is 11.3 Å². The first-order chi connectivity index (χ1) is 15.3. The number of carbonyl (C=O) groups excluding carboxylic acids is 1. The molecule has 154 valence electrons. The Labute approximate surface area is 183 Å². The van der Waals surface area contributed by atoms with Crippen LogP contribution in [0.2, 0.25) is 0 Å². The molecule has 1 aliphatic rings. The standard InChI is InChI=1S/C24H20N4O2S/c29-24(25-18-4-2-1-3-5-18)26-19-8-6-17(7-9-19)22-27-21(16-10-13-30-14-11-16)20-12-15-31-23(20)28-22/h1-10,12,15H,11,13-14H2,(H2,25,26,29). The third kappa shape index (κ3) is 4.33. The minimum absolute atomic E-state index is 0.288. The van der Waals surface area contributed by atoms with Gasteiger partial charge in [-0.2, -0.15) is 0 Å². The molecule has 0 aliphatic carbocycles. The van der Waals surface area contributed by atoms with Crippen LogP contribution < -0.4 is 10.6 Å². The number of hydrogen-bond donors (Lipinski definition) is 2. The Morgan fingerprint density at radius 1 is 0.935 bits per heavy atom. The second-order valence-corrected chi connectivity index (χ2v) is 8.01. The fourth-order valence-electron chi connectivity index (χ4n) is 3.49. The molecule has 0 fully saturated rings. The molecule has 6 nitrogen and oxygen atoms in total. The molecule has 0 saturated carbocycles. The molecule has 2 aromatic heterocycles. The van der Waals surface area contributed by atoms with Crippen LogP contribution >= 0.6 is 11.3 Å². The number of rotatable bonds is 4. The minimum Gasteiger partial charge on any atom is -0.377 e. The Kier molecular flexibility index (Phi) is 5.43. The van der Waals surface area contributed by atoms with Gasteiger partial charge in [-0.05, 0) is 59.8 Å². The Bertz CT molecular complexity index is 1250. The molecular weight excluding hydrogens is 408 g/mol. The molecular formula is C24H20N4O2S. The summed E-state index contributed by atoms with van der Waals surface area (Å²) in [6.07, 6.45) is 2.95. The first-order valence-corrected chi connectivity index (χ1v) is 10.9. The molecule has 31 heavy (non-hydrogen) atoms. The van der Waals surface area contributed by atoms with Crippen molar-refractivity contribution < 1.29 is 9.53 Å². The van der Waals surface area contributed by atoms with E-state index in [4.69, 9.17) is 14.7 Å². The van der Waals surface area contributed by atoms with Crippen LogP contribution in [-0.4, -0.2) is 29.2 Å². The quantitative estimate of drug-likeness (QED) is 0.430. The summed E-state index contributed by atoms with van der Waals surface area (Å²) in [6.45, 7) is 1.33. The Morgan fingerprint density at radius 2 is 1.71 bits per heavy atom. The lowest BCUT2D eigenvalue weighted by Gasteiger charge is -2.15. The smallest absolute Gasteiger partial charge is 0.323 e. The van der Waals surface area contributed by atoms with Crippen LogP contribution in [0.1, 0.15) is 12.1 Å². The SMILES string of the molecule is O=C(Nc1ccccc1)Nc1ccc(-c2nc(C3=CCOCC3)c3ccsc3n2)cc1. The van der Waals surface area contributed by atoms with E-state index in [1.807, 2.05) is 60.0 Å². The minimum atomic E-state index is -0.288. The number of ether oxygens (including phenoxy) is 1. The normalized spacial score (nSPS) is 13.6. The highest BCUT2D eigenvalue weighted by Crippen LogP contribution is 2.31. The summed E-state index contributed by atoms with van der Waals surface area (Å²) < 4.78 is 5.46. The van der Waals surface area contributed by atoms with Crippen molar-refractivity contribution in [3.63, 3.8) is 0 Å². The molecule has 2 N–H and O–H groups in total. The average Bonchev–Trinajstić information content (AvgIpc) is 3.29. The van der Waals surface area contributed by atoms with Crippen molar-refractivity contribution in [1.82, 2.24) is 9.97 Å². The van der Waals surface area contributed by atoms with Gasteiger partial charge in [-0.1, -0.05) is 24.3 Å². The summed E-state index contributed by atoms with van der Waals surface area (Å²) in [4.78, 5) is 22.8. The fraction of sp³-hybridized carbons (Fsp3) is 0.125. The predicted molar refractivity (Wildman–Crippen MR) is 125 cm³/mol. The van der Waals surface area contributed by atoms with Crippen LogP contribution in [0.25, 0.3) is 27.2 Å². The summed E-state index contributed by atoms with van der Waals surface area (Å²) in [5.41, 5.74) is 4.52. The topological polar surface area (TPSA) is 76.1 Å². The zero-order valence-electron chi connectivity index (χ0n) is 16.7. The van der Waals surface area contributed by atoms with Gasteiger partial charge in [0, 0.05) is 22.3 Å². The highest BCUT2D eigenvalue weighted by molar-refractivity contribution is 7.16. The molecule has 3 heterocycles. The van der Waals surface area contributed by atoms with E-state index in [1.165, 1.54) is 5.57 Å². The number of para-hydroxylation sites is 1. The first kappa shape index (κ1) is 19.4. The van der Waals surface area contributed by atoms with Crippen molar-refractivity contribution in [2.75, 3.05) is 23.8 Å². The fourth-order valence-corrected chi connectivity index (χ4v) is 4.25. The van der Waals surface area contributed by atoms with Gasteiger partial charge in [-0.25, -0.2) is 14.8 Å². The number of amides is 2. The molecule has 2 aromatic carbocycles. The monoisotopic (exact) mass is 428 g/mol. The van der Waals surface area contributed by atoms with Crippen LogP contribution in [0.3, 0.4) is 0 Å². The maximum atomic E-state index is 12.2. The zero-order valence-corrected chi connectivity index (χ0v) is 17.5. The van der Waals surface area contributed by atoms with E-state index in [9.17, 15) is 4.79 Å². The lowest BCUT2D eigenvalue weighted by atomic mass is 10.0. The van der Waals surface area contributed by atoms with Crippen molar-refractivity contribution in [2.24, 2.45) is 0 Å². The van der Waals surface area contributed by atoms with Gasteiger partial charge >= 0.3 is 6.03 Å². The number of anilines is 2. The molecule has 0 bridgehead atoms. The summed E-state index contributed by atoms with van der Waals surface area (Å²) in [5.74, 6) is 0.678. The molecule has 7 heteroatoms. The van der Waals surface area contributed by atoms with E-state index in [-0.39, 0.29) is 6.03 Å². The lowest BCUT2D eigenvalue weighted by molar-refractivity contribution is 0.161. The second kappa shape index (κ2) is 8.67. The molecule has 4 aromatic rings. The summed E-state index contributed by atoms with van der Waals surface area (Å²) >= 11 is 1.61. The van der Waals surface area contributed by atoms with Crippen LogP contribution in [-0.2, 0) is 4.74 Å². The lowest BCUT2D eigenvalue weighted by Crippen LogP contribution is -2.19. The number of benzene rings is 2. The molecule has 1 aliphatic heterocycles. The van der Waals surface area contributed by atoms with Crippen molar-refractivity contribution in [1.29, 1.82) is 0 Å². The molecule has 0 unspecified atom stereocenters. The summed E-state index contributed by atoms with van der Waals surface area (Å²) in [6, 6.07) is 18.7. The van der Waals surface area contributed by atoms with Crippen molar-refractivity contribution in [3.05, 3.63) is 77.8 Å². The maximum absolute atomic E-state index is 12.2. The number of fused-ring (bicyclic) bond motifs is 1. The Balaban J connectivity index is 1.38. The zero-order chi connectivity index (χ0) is 21.0. The van der Waals surface area contributed by atoms with Crippen LogP contribution in [0.15, 0.2) is 72.1 Å². The second-order valence-electron chi connectivity index (χ2n) is 7.11. The first-order valence-electron chi connectivity index (χ1n) is 10.0. The van der Waals surface area contributed by atoms with Gasteiger partial charge < -0.3 is 15.4 Å². The van der Waals surface area contributed by atoms with E-state index in [0.717, 1.165) is 33.6 Å². The van der Waals surface area contributed by atoms with Crippen LogP contribution in [0.5, 0.6) is 0 Å². The number of hydrogen-bond acceptors (Lipinski definition) is 5. The van der Waals surface area contributed by atoms with Crippen molar-refractivity contribution >= 4 is 44.5 Å². The third-order valence-corrected chi connectivity index (χ3v) is 5.83. The van der Waals surface area contributed by atoms with Gasteiger partial charge in [0.15, 0.2) is 5.82 Å². The number of urea groups is 1. The molecule has 2 amide bonds. The Hall–Kier alpha value is -3.55. The van der Waals surface area contributed by atoms with E-state index in [0.29, 0.717) is 24.7 Å². The predicted octanol–water partition coefficient (Wildman–Crippen LogP) is 5.81. The number of aromatic nitrogens is 2. The summed E-state index contributed by atoms with van der Waals surface area (Å²) in [7, 11) is 0. The van der Waals surface area contributed by atoms with E-state index < -0.39 is 0 Å². The van der Waals surface area contributed by atoms with Gasteiger partial charge in [-0.3, -0.25) is 0 Å². The van der Waals surface area contributed by atoms with Gasteiger partial charge in [0.25, 0.3) is 0 Å². The molecule has 0 atom stereocenters. The van der Waals surface area contributed by atoms with Gasteiger partial charge in [0.05, 0.1) is 18.9 Å². The third-order valence-electron chi connectivity index (χ3n) is 5.03. The molecule has 0 radical (unpaired) electrons. The molecule has 5 rings (SSSR count). The average molecular weight is 429 g/mol. The largest absolute Gasteiger partial charge is 0.377 e. The summed E-state index contributed by atoms with van der Waals surface area (Å²) in [5, 5.41) is 8.78. The van der Waals surface area contributed by atoms with Gasteiger partial charge in [0.1, 0.15) is 4.83 Å². The van der Waals surface area contributed by atoms with Crippen molar-refractivity contribution in [3.8, 4) is 11.4 Å². The molecule has 0 saturated heterocycles. The maximum Gasteiger partial charge on any atom is 0.323 e. The van der Waals surface area contributed by atoms with Crippen molar-refractivity contribution in [2.45, 2.75) is 6.42 Å². The number of thiophene rings is 1. The van der Waals surface area contributed by atoms with E-state index in [1.54, 1.807) is 11.3 Å². The number of carbonyl (C=O) groups is 1.